The van der Waals surface area contributed by atoms with Crippen LogP contribution in [0, 0.1) is 0 Å². The summed E-state index contributed by atoms with van der Waals surface area (Å²) < 4.78 is 4.97. The monoisotopic (exact) mass is 271 g/mol. The second-order valence-electron chi connectivity index (χ2n) is 4.39. The molecule has 1 N–H and O–H groups in total. The molecule has 0 aliphatic rings. The van der Waals surface area contributed by atoms with Gasteiger partial charge in [-0.25, -0.2) is 0 Å². The number of aryl methyl sites for hydroxylation is 1. The molecule has 104 valence electrons. The molecule has 0 spiro atoms. The van der Waals surface area contributed by atoms with Crippen molar-refractivity contribution in [1.29, 1.82) is 0 Å². The molecule has 1 rings (SSSR count). The zero-order chi connectivity index (χ0) is 13.1. The Balaban J connectivity index is 2.10. The van der Waals surface area contributed by atoms with Gasteiger partial charge in [-0.15, -0.1) is 21.5 Å². The number of hydrogen-bond donors (Lipinski definition) is 1. The van der Waals surface area contributed by atoms with Gasteiger partial charge in [0.15, 0.2) is 0 Å². The van der Waals surface area contributed by atoms with Gasteiger partial charge in [0.25, 0.3) is 0 Å². The molecule has 1 heterocycles. The zero-order valence-electron chi connectivity index (χ0n) is 11.6. The molecule has 0 radical (unpaired) electrons. The lowest BCUT2D eigenvalue weighted by molar-refractivity contribution is 0.199. The molecule has 0 fully saturated rings. The maximum atomic E-state index is 4.97. The molecule has 1 aromatic rings. The first-order chi connectivity index (χ1) is 8.86. The van der Waals surface area contributed by atoms with E-state index in [9.17, 15) is 0 Å². The Morgan fingerprint density at radius 1 is 1.06 bits per heavy atom. The van der Waals surface area contributed by atoms with Crippen LogP contribution >= 0.6 is 11.3 Å². The number of nitrogens with one attached hydrogen (secondary N) is 1. The topological polar surface area (TPSA) is 47.0 Å². The van der Waals surface area contributed by atoms with Crippen LogP contribution in [0.3, 0.4) is 0 Å². The van der Waals surface area contributed by atoms with E-state index in [4.69, 9.17) is 4.74 Å². The lowest BCUT2D eigenvalue weighted by Gasteiger charge is -2.00. The van der Waals surface area contributed by atoms with Crippen LogP contribution in [0.15, 0.2) is 0 Å². The van der Waals surface area contributed by atoms with E-state index in [1.54, 1.807) is 18.4 Å². The van der Waals surface area contributed by atoms with Gasteiger partial charge < -0.3 is 10.1 Å². The Kier molecular flexibility index (Phi) is 8.98. The van der Waals surface area contributed by atoms with Gasteiger partial charge in [-0.2, -0.15) is 0 Å². The fraction of sp³-hybridized carbons (Fsp3) is 0.846. The molecule has 0 bridgehead atoms. The third-order valence-electron chi connectivity index (χ3n) is 2.75. The van der Waals surface area contributed by atoms with E-state index in [0.29, 0.717) is 0 Å². The smallest absolute Gasteiger partial charge is 0.118 e. The van der Waals surface area contributed by atoms with Crippen LogP contribution in [0.4, 0.5) is 0 Å². The van der Waals surface area contributed by atoms with Crippen molar-refractivity contribution >= 4 is 11.3 Å². The number of ether oxygens (including phenoxy) is 1. The average Bonchev–Trinajstić information content (AvgIpc) is 2.82. The Morgan fingerprint density at radius 3 is 2.56 bits per heavy atom. The van der Waals surface area contributed by atoms with Crippen molar-refractivity contribution in [2.75, 3.05) is 26.8 Å². The Morgan fingerprint density at radius 2 is 1.83 bits per heavy atom. The summed E-state index contributed by atoms with van der Waals surface area (Å²) in [6, 6.07) is 0. The summed E-state index contributed by atoms with van der Waals surface area (Å²) in [5, 5.41) is 14.1. The standard InChI is InChI=1S/C13H25N3OS/c1-3-4-5-6-7-12-15-16-13(18-12)8-9-14-10-11-17-2/h14H,3-11H2,1-2H3. The quantitative estimate of drug-likeness (QED) is 0.628. The molecule has 0 aromatic carbocycles. The molecule has 1 aromatic heterocycles. The Hall–Kier alpha value is -0.520. The van der Waals surface area contributed by atoms with Crippen molar-refractivity contribution in [3.05, 3.63) is 10.0 Å². The SMILES string of the molecule is CCCCCCc1nnc(CCNCCOC)s1. The van der Waals surface area contributed by atoms with Crippen LogP contribution in [0.1, 0.15) is 42.6 Å². The Labute approximate surface area is 114 Å². The van der Waals surface area contributed by atoms with Gasteiger partial charge in [0, 0.05) is 33.0 Å². The van der Waals surface area contributed by atoms with Crippen molar-refractivity contribution in [2.45, 2.75) is 45.4 Å². The third kappa shape index (κ3) is 7.03. The summed E-state index contributed by atoms with van der Waals surface area (Å²) in [6.45, 7) is 4.85. The van der Waals surface area contributed by atoms with Crippen LogP contribution in [0.2, 0.25) is 0 Å². The molecule has 0 aliphatic heterocycles. The van der Waals surface area contributed by atoms with E-state index in [-0.39, 0.29) is 0 Å². The minimum atomic E-state index is 0.763. The van der Waals surface area contributed by atoms with E-state index in [0.717, 1.165) is 37.5 Å². The molecule has 0 amide bonds. The van der Waals surface area contributed by atoms with Crippen LogP contribution in [-0.4, -0.2) is 37.0 Å². The van der Waals surface area contributed by atoms with E-state index >= 15 is 0 Å². The Bertz CT molecular complexity index is 304. The second-order valence-corrected chi connectivity index (χ2v) is 5.54. The van der Waals surface area contributed by atoms with E-state index in [1.165, 1.54) is 30.7 Å². The van der Waals surface area contributed by atoms with Gasteiger partial charge in [-0.05, 0) is 6.42 Å². The summed E-state index contributed by atoms with van der Waals surface area (Å²) >= 11 is 1.76. The maximum absolute atomic E-state index is 4.97. The lowest BCUT2D eigenvalue weighted by Crippen LogP contribution is -2.21. The molecule has 0 saturated carbocycles. The summed E-state index contributed by atoms with van der Waals surface area (Å²) in [6.07, 6.45) is 7.23. The molecular formula is C13H25N3OS. The predicted octanol–water partition coefficient (Wildman–Crippen LogP) is 2.44. The summed E-state index contributed by atoms with van der Waals surface area (Å²) in [4.78, 5) is 0. The minimum Gasteiger partial charge on any atom is -0.383 e. The molecule has 0 saturated heterocycles. The third-order valence-corrected chi connectivity index (χ3v) is 3.79. The van der Waals surface area contributed by atoms with Crippen molar-refractivity contribution in [2.24, 2.45) is 0 Å². The summed E-state index contributed by atoms with van der Waals surface area (Å²) in [7, 11) is 1.72. The maximum Gasteiger partial charge on any atom is 0.118 e. The molecule has 0 atom stereocenters. The minimum absolute atomic E-state index is 0.763. The number of rotatable bonds is 11. The molecular weight excluding hydrogens is 246 g/mol. The molecule has 0 unspecified atom stereocenters. The van der Waals surface area contributed by atoms with Crippen molar-refractivity contribution < 1.29 is 4.74 Å². The highest BCUT2D eigenvalue weighted by Crippen LogP contribution is 2.13. The van der Waals surface area contributed by atoms with Crippen LogP contribution < -0.4 is 5.32 Å². The van der Waals surface area contributed by atoms with Crippen molar-refractivity contribution in [3.8, 4) is 0 Å². The van der Waals surface area contributed by atoms with Gasteiger partial charge in [0.1, 0.15) is 10.0 Å². The second kappa shape index (κ2) is 10.4. The van der Waals surface area contributed by atoms with Gasteiger partial charge in [-0.1, -0.05) is 26.2 Å². The van der Waals surface area contributed by atoms with Crippen LogP contribution in [0.5, 0.6) is 0 Å². The van der Waals surface area contributed by atoms with E-state index < -0.39 is 0 Å². The predicted molar refractivity (Wildman–Crippen MR) is 76.2 cm³/mol. The number of nitrogens with zero attached hydrogens (tertiary/aromatic N) is 2. The highest BCUT2D eigenvalue weighted by molar-refractivity contribution is 7.11. The lowest BCUT2D eigenvalue weighted by atomic mass is 10.2. The molecule has 5 heteroatoms. The van der Waals surface area contributed by atoms with E-state index in [2.05, 4.69) is 22.4 Å². The number of methoxy groups -OCH3 is 1. The highest BCUT2D eigenvalue weighted by atomic mass is 32.1. The van der Waals surface area contributed by atoms with Crippen LogP contribution in [0.25, 0.3) is 0 Å². The zero-order valence-corrected chi connectivity index (χ0v) is 12.4. The molecule has 0 aliphatic carbocycles. The van der Waals surface area contributed by atoms with Crippen molar-refractivity contribution in [1.82, 2.24) is 15.5 Å². The number of hydrogen-bond acceptors (Lipinski definition) is 5. The first-order valence-corrected chi connectivity index (χ1v) is 7.69. The number of aromatic nitrogens is 2. The van der Waals surface area contributed by atoms with Gasteiger partial charge >= 0.3 is 0 Å². The average molecular weight is 271 g/mol. The first-order valence-electron chi connectivity index (χ1n) is 6.87. The van der Waals surface area contributed by atoms with E-state index in [1.807, 2.05) is 0 Å². The molecule has 18 heavy (non-hydrogen) atoms. The largest absolute Gasteiger partial charge is 0.383 e. The first kappa shape index (κ1) is 15.5. The highest BCUT2D eigenvalue weighted by Gasteiger charge is 2.03. The van der Waals surface area contributed by atoms with Gasteiger partial charge in [0.05, 0.1) is 6.61 Å². The summed E-state index contributed by atoms with van der Waals surface area (Å²) in [5.41, 5.74) is 0. The normalized spacial score (nSPS) is 11.0. The molecule has 4 nitrogen and oxygen atoms in total. The fourth-order valence-electron chi connectivity index (χ4n) is 1.69. The van der Waals surface area contributed by atoms with Crippen molar-refractivity contribution in [3.63, 3.8) is 0 Å². The summed E-state index contributed by atoms with van der Waals surface area (Å²) in [5.74, 6) is 0. The van der Waals surface area contributed by atoms with Gasteiger partial charge in [0.2, 0.25) is 0 Å². The number of unbranched alkanes of at least 4 members (excludes halogenated alkanes) is 3. The fourth-order valence-corrected chi connectivity index (χ4v) is 2.57. The van der Waals surface area contributed by atoms with Gasteiger partial charge in [-0.3, -0.25) is 0 Å². The van der Waals surface area contributed by atoms with Crippen LogP contribution in [-0.2, 0) is 17.6 Å².